The smallest absolute Gasteiger partial charge is 0.263 e. The Morgan fingerprint density at radius 3 is 2.62 bits per heavy atom. The fourth-order valence-corrected chi connectivity index (χ4v) is 3.00. The molecule has 4 aromatic rings. The van der Waals surface area contributed by atoms with E-state index in [2.05, 4.69) is 39.3 Å². The normalized spacial score (nSPS) is 11.4. The molecule has 8 heteroatoms. The van der Waals surface area contributed by atoms with E-state index in [0.717, 1.165) is 17.1 Å². The minimum absolute atomic E-state index is 0.215. The van der Waals surface area contributed by atoms with Crippen molar-refractivity contribution in [2.75, 3.05) is 5.32 Å². The lowest BCUT2D eigenvalue weighted by Gasteiger charge is -2.13. The Hall–Kier alpha value is -3.42. The molecule has 0 bridgehead atoms. The van der Waals surface area contributed by atoms with E-state index in [1.54, 1.807) is 17.9 Å². The summed E-state index contributed by atoms with van der Waals surface area (Å²) in [4.78, 5) is 19.5. The second-order valence-electron chi connectivity index (χ2n) is 6.39. The number of rotatable bonds is 4. The summed E-state index contributed by atoms with van der Waals surface area (Å²) >= 11 is 0. The van der Waals surface area contributed by atoms with Gasteiger partial charge in [-0.05, 0) is 18.1 Å². The first-order valence-electron chi connectivity index (χ1n) is 8.37. The number of anilines is 2. The number of H-pyrrole nitrogens is 1. The first kappa shape index (κ1) is 16.1. The Morgan fingerprint density at radius 2 is 1.88 bits per heavy atom. The van der Waals surface area contributed by atoms with Gasteiger partial charge in [0, 0.05) is 7.05 Å². The highest BCUT2D eigenvalue weighted by atomic mass is 16.1. The second kappa shape index (κ2) is 6.14. The van der Waals surface area contributed by atoms with E-state index in [4.69, 9.17) is 0 Å². The van der Waals surface area contributed by atoms with Gasteiger partial charge in [-0.2, -0.15) is 15.2 Å². The summed E-state index contributed by atoms with van der Waals surface area (Å²) in [6, 6.07) is 9.93. The Labute approximate surface area is 149 Å². The van der Waals surface area contributed by atoms with Crippen molar-refractivity contribution >= 4 is 22.7 Å². The van der Waals surface area contributed by atoms with Crippen molar-refractivity contribution in [1.29, 1.82) is 0 Å². The summed E-state index contributed by atoms with van der Waals surface area (Å²) in [5.74, 6) is 0.577. The molecule has 3 heterocycles. The van der Waals surface area contributed by atoms with E-state index in [-0.39, 0.29) is 11.5 Å². The van der Waals surface area contributed by atoms with Crippen LogP contribution in [0.2, 0.25) is 0 Å². The Morgan fingerprint density at radius 1 is 1.12 bits per heavy atom. The predicted octanol–water partition coefficient (Wildman–Crippen LogP) is 2.71. The average Bonchev–Trinajstić information content (AvgIpc) is 3.20. The monoisotopic (exact) mass is 349 g/mol. The van der Waals surface area contributed by atoms with Crippen molar-refractivity contribution in [2.24, 2.45) is 7.05 Å². The van der Waals surface area contributed by atoms with E-state index < -0.39 is 0 Å². The number of para-hydroxylation sites is 1. The fraction of sp³-hybridized carbons (Fsp3) is 0.222. The summed E-state index contributed by atoms with van der Waals surface area (Å²) in [5, 5.41) is 12.3. The zero-order valence-corrected chi connectivity index (χ0v) is 14.8. The van der Waals surface area contributed by atoms with Gasteiger partial charge in [0.05, 0.1) is 29.5 Å². The number of nitrogens with zero attached hydrogens (tertiary/aromatic N) is 5. The first-order valence-corrected chi connectivity index (χ1v) is 8.37. The van der Waals surface area contributed by atoms with Crippen LogP contribution in [0.3, 0.4) is 0 Å². The molecule has 0 radical (unpaired) electrons. The lowest BCUT2D eigenvalue weighted by atomic mass is 10.1. The minimum atomic E-state index is -0.229. The maximum absolute atomic E-state index is 12.2. The molecule has 0 spiro atoms. The molecule has 0 saturated carbocycles. The summed E-state index contributed by atoms with van der Waals surface area (Å²) in [6.45, 7) is 4.20. The fourth-order valence-electron chi connectivity index (χ4n) is 3.00. The van der Waals surface area contributed by atoms with Crippen LogP contribution in [0.25, 0.3) is 16.7 Å². The molecule has 0 aliphatic carbocycles. The van der Waals surface area contributed by atoms with Crippen molar-refractivity contribution < 1.29 is 0 Å². The van der Waals surface area contributed by atoms with E-state index >= 15 is 0 Å². The van der Waals surface area contributed by atoms with E-state index in [1.807, 2.05) is 35.0 Å². The molecule has 4 rings (SSSR count). The second-order valence-corrected chi connectivity index (χ2v) is 6.39. The molecule has 0 aliphatic rings. The molecule has 0 saturated heterocycles. The number of aryl methyl sites for hydroxylation is 1. The lowest BCUT2D eigenvalue weighted by molar-refractivity contribution is 0.735. The van der Waals surface area contributed by atoms with Crippen LogP contribution in [0.1, 0.15) is 25.5 Å². The largest absolute Gasteiger partial charge is 0.323 e. The third-order valence-corrected chi connectivity index (χ3v) is 4.21. The van der Waals surface area contributed by atoms with Crippen LogP contribution in [0.15, 0.2) is 47.5 Å². The van der Waals surface area contributed by atoms with Gasteiger partial charge in [0.25, 0.3) is 5.56 Å². The molecule has 0 aliphatic heterocycles. The number of hydrogen-bond donors (Lipinski definition) is 2. The number of aromatic amines is 1. The summed E-state index contributed by atoms with van der Waals surface area (Å²) < 4.78 is 3.47. The predicted molar refractivity (Wildman–Crippen MR) is 100 cm³/mol. The quantitative estimate of drug-likeness (QED) is 0.591. The van der Waals surface area contributed by atoms with Crippen molar-refractivity contribution in [2.45, 2.75) is 19.8 Å². The molecule has 3 aromatic heterocycles. The van der Waals surface area contributed by atoms with Gasteiger partial charge in [-0.25, -0.2) is 4.68 Å². The SMILES string of the molecule is CC(C)c1c(Nc2nc3c(cnn3C)c(=O)[nH]2)cnn1-c1ccccc1. The number of aromatic nitrogens is 6. The zero-order chi connectivity index (χ0) is 18.3. The third kappa shape index (κ3) is 2.65. The van der Waals surface area contributed by atoms with Gasteiger partial charge in [0.2, 0.25) is 5.95 Å². The maximum atomic E-state index is 12.2. The van der Waals surface area contributed by atoms with Gasteiger partial charge in [-0.1, -0.05) is 32.0 Å². The summed E-state index contributed by atoms with van der Waals surface area (Å²) in [6.07, 6.45) is 3.26. The van der Waals surface area contributed by atoms with E-state index in [9.17, 15) is 4.79 Å². The van der Waals surface area contributed by atoms with Crippen molar-refractivity contribution in [3.05, 3.63) is 58.8 Å². The lowest BCUT2D eigenvalue weighted by Crippen LogP contribution is -2.12. The van der Waals surface area contributed by atoms with Crippen molar-refractivity contribution in [3.63, 3.8) is 0 Å². The van der Waals surface area contributed by atoms with Crippen molar-refractivity contribution in [1.82, 2.24) is 29.5 Å². The third-order valence-electron chi connectivity index (χ3n) is 4.21. The van der Waals surface area contributed by atoms with Crippen molar-refractivity contribution in [3.8, 4) is 5.69 Å². The highest BCUT2D eigenvalue weighted by molar-refractivity contribution is 5.75. The first-order chi connectivity index (χ1) is 12.5. The van der Waals surface area contributed by atoms with Crippen LogP contribution in [0.5, 0.6) is 0 Å². The molecule has 8 nitrogen and oxygen atoms in total. The van der Waals surface area contributed by atoms with Gasteiger partial charge >= 0.3 is 0 Å². The van der Waals surface area contributed by atoms with Gasteiger partial charge in [-0.15, -0.1) is 0 Å². The standard InChI is InChI=1S/C18H19N7O/c1-11(2)15-14(10-20-25(15)12-7-5-4-6-8-12)21-18-22-16-13(17(26)23-18)9-19-24(16)3/h4-11H,1-3H3,(H2,21,22,23,26). The molecule has 132 valence electrons. The number of benzene rings is 1. The van der Waals surface area contributed by atoms with Gasteiger partial charge < -0.3 is 5.32 Å². The summed E-state index contributed by atoms with van der Waals surface area (Å²) in [5.41, 5.74) is 3.08. The number of fused-ring (bicyclic) bond motifs is 1. The number of hydrogen-bond acceptors (Lipinski definition) is 5. The molecular weight excluding hydrogens is 330 g/mol. The van der Waals surface area contributed by atoms with E-state index in [1.165, 1.54) is 6.20 Å². The van der Waals surface area contributed by atoms with Crippen LogP contribution in [0, 0.1) is 0 Å². The molecule has 1 aromatic carbocycles. The van der Waals surface area contributed by atoms with Gasteiger partial charge in [0.1, 0.15) is 5.39 Å². The molecular formula is C18H19N7O. The Bertz CT molecular complexity index is 1120. The Balaban J connectivity index is 1.79. The molecule has 0 unspecified atom stereocenters. The Kier molecular flexibility index (Phi) is 3.80. The molecule has 0 fully saturated rings. The molecule has 0 amide bonds. The summed E-state index contributed by atoms with van der Waals surface area (Å²) in [7, 11) is 1.76. The van der Waals surface area contributed by atoms with E-state index in [0.29, 0.717) is 17.0 Å². The van der Waals surface area contributed by atoms with Crippen LogP contribution >= 0.6 is 0 Å². The van der Waals surface area contributed by atoms with Crippen LogP contribution in [-0.2, 0) is 7.05 Å². The molecule has 26 heavy (non-hydrogen) atoms. The average molecular weight is 349 g/mol. The maximum Gasteiger partial charge on any atom is 0.263 e. The van der Waals surface area contributed by atoms with Gasteiger partial charge in [-0.3, -0.25) is 14.5 Å². The molecule has 2 N–H and O–H groups in total. The highest BCUT2D eigenvalue weighted by Gasteiger charge is 2.17. The number of nitrogens with one attached hydrogen (secondary N) is 2. The zero-order valence-electron chi connectivity index (χ0n) is 14.8. The van der Waals surface area contributed by atoms with Crippen LogP contribution in [-0.4, -0.2) is 29.5 Å². The van der Waals surface area contributed by atoms with Crippen LogP contribution in [0.4, 0.5) is 11.6 Å². The van der Waals surface area contributed by atoms with Gasteiger partial charge in [0.15, 0.2) is 5.65 Å². The highest BCUT2D eigenvalue weighted by Crippen LogP contribution is 2.28. The molecule has 0 atom stereocenters. The minimum Gasteiger partial charge on any atom is -0.323 e. The van der Waals surface area contributed by atoms with Crippen LogP contribution < -0.4 is 10.9 Å². The topological polar surface area (TPSA) is 93.4 Å².